The summed E-state index contributed by atoms with van der Waals surface area (Å²) >= 11 is 5.96. The third kappa shape index (κ3) is 3.20. The van der Waals surface area contributed by atoms with Crippen molar-refractivity contribution in [1.29, 1.82) is 0 Å². The quantitative estimate of drug-likeness (QED) is 0.868. The molecule has 1 unspecified atom stereocenters. The second-order valence-corrected chi connectivity index (χ2v) is 5.52. The molecule has 0 heterocycles. The Bertz CT molecular complexity index is 590. The molecule has 3 heteroatoms. The fraction of sp³-hybridized carbons (Fsp3) is 0.294. The molecule has 106 valence electrons. The maximum absolute atomic E-state index is 13.9. The van der Waals surface area contributed by atoms with Crippen LogP contribution in [-0.4, -0.2) is 7.05 Å². The average molecular weight is 292 g/mol. The number of rotatable bonds is 4. The van der Waals surface area contributed by atoms with Crippen LogP contribution in [0.3, 0.4) is 0 Å². The highest BCUT2D eigenvalue weighted by Gasteiger charge is 2.16. The molecule has 0 saturated carbocycles. The Morgan fingerprint density at radius 2 is 1.80 bits per heavy atom. The van der Waals surface area contributed by atoms with Gasteiger partial charge in [0.25, 0.3) is 0 Å². The maximum Gasteiger partial charge on any atom is 0.126 e. The van der Waals surface area contributed by atoms with Crippen LogP contribution in [0.1, 0.15) is 28.3 Å². The molecule has 20 heavy (non-hydrogen) atoms. The molecule has 0 aromatic heterocycles. The minimum absolute atomic E-state index is 0.0733. The first-order valence-corrected chi connectivity index (χ1v) is 7.08. The molecule has 0 fully saturated rings. The number of likely N-dealkylation sites (N-methyl/N-ethyl adjacent to an activating group) is 1. The molecule has 2 rings (SSSR count). The van der Waals surface area contributed by atoms with E-state index in [0.717, 1.165) is 0 Å². The molecule has 0 amide bonds. The zero-order valence-electron chi connectivity index (χ0n) is 12.0. The predicted molar refractivity (Wildman–Crippen MR) is 82.8 cm³/mol. The van der Waals surface area contributed by atoms with Crippen LogP contribution >= 0.6 is 11.6 Å². The zero-order chi connectivity index (χ0) is 14.7. The Kier molecular flexibility index (Phi) is 4.79. The van der Waals surface area contributed by atoms with Gasteiger partial charge in [-0.05, 0) is 67.8 Å². The molecule has 1 nitrogen and oxygen atoms in total. The summed E-state index contributed by atoms with van der Waals surface area (Å²) in [5.41, 5.74) is 4.30. The van der Waals surface area contributed by atoms with Crippen LogP contribution in [0.5, 0.6) is 0 Å². The fourth-order valence-electron chi connectivity index (χ4n) is 2.65. The number of aryl methyl sites for hydroxylation is 2. The molecule has 1 atom stereocenters. The van der Waals surface area contributed by atoms with E-state index in [1.807, 2.05) is 13.1 Å². The topological polar surface area (TPSA) is 12.0 Å². The van der Waals surface area contributed by atoms with E-state index < -0.39 is 0 Å². The molecule has 0 aliphatic heterocycles. The Morgan fingerprint density at radius 3 is 2.40 bits per heavy atom. The third-order valence-corrected chi connectivity index (χ3v) is 3.91. The monoisotopic (exact) mass is 291 g/mol. The van der Waals surface area contributed by atoms with E-state index in [1.165, 1.54) is 22.8 Å². The highest BCUT2D eigenvalue weighted by molar-refractivity contribution is 6.30. The van der Waals surface area contributed by atoms with Crippen LogP contribution in [0.15, 0.2) is 36.4 Å². The third-order valence-electron chi connectivity index (χ3n) is 3.67. The SMILES string of the molecule is CNC(Cc1cc(Cl)ccc1F)c1c(C)cccc1C. The van der Waals surface area contributed by atoms with Crippen LogP contribution in [0.25, 0.3) is 0 Å². The van der Waals surface area contributed by atoms with Crippen molar-refractivity contribution in [2.75, 3.05) is 7.05 Å². The van der Waals surface area contributed by atoms with Crippen LogP contribution in [-0.2, 0) is 6.42 Å². The van der Waals surface area contributed by atoms with Gasteiger partial charge in [0, 0.05) is 11.1 Å². The highest BCUT2D eigenvalue weighted by Crippen LogP contribution is 2.26. The Morgan fingerprint density at radius 1 is 1.15 bits per heavy atom. The first kappa shape index (κ1) is 15.0. The lowest BCUT2D eigenvalue weighted by molar-refractivity contribution is 0.551. The van der Waals surface area contributed by atoms with Gasteiger partial charge in [0.05, 0.1) is 0 Å². The van der Waals surface area contributed by atoms with Crippen molar-refractivity contribution in [1.82, 2.24) is 5.32 Å². The van der Waals surface area contributed by atoms with E-state index in [0.29, 0.717) is 17.0 Å². The van der Waals surface area contributed by atoms with Gasteiger partial charge in [-0.1, -0.05) is 29.8 Å². The van der Waals surface area contributed by atoms with Crippen molar-refractivity contribution >= 4 is 11.6 Å². The smallest absolute Gasteiger partial charge is 0.126 e. The van der Waals surface area contributed by atoms with Crippen LogP contribution in [0.2, 0.25) is 5.02 Å². The van der Waals surface area contributed by atoms with Crippen molar-refractivity contribution < 1.29 is 4.39 Å². The van der Waals surface area contributed by atoms with Crippen molar-refractivity contribution in [3.05, 3.63) is 69.5 Å². The van der Waals surface area contributed by atoms with Crippen molar-refractivity contribution in [3.63, 3.8) is 0 Å². The summed E-state index contributed by atoms with van der Waals surface area (Å²) in [5.74, 6) is -0.208. The largest absolute Gasteiger partial charge is 0.313 e. The molecule has 0 aliphatic carbocycles. The number of hydrogen-bond acceptors (Lipinski definition) is 1. The summed E-state index contributed by atoms with van der Waals surface area (Å²) < 4.78 is 13.9. The molecular weight excluding hydrogens is 273 g/mol. The number of hydrogen-bond donors (Lipinski definition) is 1. The van der Waals surface area contributed by atoms with Crippen molar-refractivity contribution in [2.45, 2.75) is 26.3 Å². The maximum atomic E-state index is 13.9. The van der Waals surface area contributed by atoms with Gasteiger partial charge < -0.3 is 5.32 Å². The van der Waals surface area contributed by atoms with Crippen molar-refractivity contribution in [3.8, 4) is 0 Å². The molecule has 0 aliphatic rings. The van der Waals surface area contributed by atoms with E-state index in [-0.39, 0.29) is 11.9 Å². The summed E-state index contributed by atoms with van der Waals surface area (Å²) in [6, 6.07) is 11.0. The van der Waals surface area contributed by atoms with Gasteiger partial charge in [-0.3, -0.25) is 0 Å². The van der Waals surface area contributed by atoms with Gasteiger partial charge in [0.1, 0.15) is 5.82 Å². The Hall–Kier alpha value is -1.38. The highest BCUT2D eigenvalue weighted by atomic mass is 35.5. The Labute approximate surface area is 124 Å². The standard InChI is InChI=1S/C17H19ClFN/c1-11-5-4-6-12(2)17(11)16(20-3)10-13-9-14(18)7-8-15(13)19/h4-9,16,20H,10H2,1-3H3. The number of halogens is 2. The number of nitrogens with one attached hydrogen (secondary N) is 1. The van der Waals surface area contributed by atoms with Gasteiger partial charge in [0.15, 0.2) is 0 Å². The lowest BCUT2D eigenvalue weighted by Gasteiger charge is -2.21. The van der Waals surface area contributed by atoms with E-state index in [9.17, 15) is 4.39 Å². The predicted octanol–water partition coefficient (Wildman–Crippen LogP) is 4.60. The summed E-state index contributed by atoms with van der Waals surface area (Å²) in [4.78, 5) is 0. The van der Waals surface area contributed by atoms with Gasteiger partial charge >= 0.3 is 0 Å². The van der Waals surface area contributed by atoms with Crippen LogP contribution in [0.4, 0.5) is 4.39 Å². The second-order valence-electron chi connectivity index (χ2n) is 5.09. The molecule has 0 spiro atoms. The zero-order valence-corrected chi connectivity index (χ0v) is 12.8. The van der Waals surface area contributed by atoms with Crippen molar-refractivity contribution in [2.24, 2.45) is 0 Å². The first-order chi connectivity index (χ1) is 9.52. The summed E-state index contributed by atoms with van der Waals surface area (Å²) in [7, 11) is 1.90. The van der Waals surface area contributed by atoms with Gasteiger partial charge in [-0.2, -0.15) is 0 Å². The molecule has 1 N–H and O–H groups in total. The molecule has 0 saturated heterocycles. The van der Waals surface area contributed by atoms with Crippen LogP contribution in [0, 0.1) is 19.7 Å². The Balaban J connectivity index is 2.36. The molecule has 2 aromatic rings. The second kappa shape index (κ2) is 6.38. The van der Waals surface area contributed by atoms with E-state index in [4.69, 9.17) is 11.6 Å². The lowest BCUT2D eigenvalue weighted by atomic mass is 9.92. The van der Waals surface area contributed by atoms with Gasteiger partial charge in [-0.15, -0.1) is 0 Å². The molecule has 0 bridgehead atoms. The molecule has 0 radical (unpaired) electrons. The van der Waals surface area contributed by atoms with E-state index in [2.05, 4.69) is 31.3 Å². The minimum atomic E-state index is -0.208. The molecule has 2 aromatic carbocycles. The summed E-state index contributed by atoms with van der Waals surface area (Å²) in [5, 5.41) is 3.85. The normalized spacial score (nSPS) is 12.4. The first-order valence-electron chi connectivity index (χ1n) is 6.70. The fourth-order valence-corrected chi connectivity index (χ4v) is 2.84. The summed E-state index contributed by atoms with van der Waals surface area (Å²) in [6.07, 6.45) is 0.578. The summed E-state index contributed by atoms with van der Waals surface area (Å²) in [6.45, 7) is 4.17. The van der Waals surface area contributed by atoms with Gasteiger partial charge in [-0.25, -0.2) is 4.39 Å². The molecular formula is C17H19ClFN. The van der Waals surface area contributed by atoms with Crippen LogP contribution < -0.4 is 5.32 Å². The average Bonchev–Trinajstić information content (AvgIpc) is 2.41. The van der Waals surface area contributed by atoms with Gasteiger partial charge in [0.2, 0.25) is 0 Å². The number of benzene rings is 2. The lowest BCUT2D eigenvalue weighted by Crippen LogP contribution is -2.21. The van der Waals surface area contributed by atoms with E-state index >= 15 is 0 Å². The minimum Gasteiger partial charge on any atom is -0.313 e. The van der Waals surface area contributed by atoms with E-state index in [1.54, 1.807) is 12.1 Å².